The molecule has 3 nitrogen and oxygen atoms in total. The van der Waals surface area contributed by atoms with Gasteiger partial charge in [-0.1, -0.05) is 13.0 Å². The number of likely N-dealkylation sites (tertiary alicyclic amines) is 1. The third-order valence-electron chi connectivity index (χ3n) is 3.88. The van der Waals surface area contributed by atoms with E-state index < -0.39 is 0 Å². The Balaban J connectivity index is 1.89. The van der Waals surface area contributed by atoms with Gasteiger partial charge in [-0.15, -0.1) is 0 Å². The molecule has 2 atom stereocenters. The fraction of sp³-hybridized carbons (Fsp3) is 0.643. The van der Waals surface area contributed by atoms with E-state index in [1.54, 1.807) is 0 Å². The van der Waals surface area contributed by atoms with Crippen LogP contribution in [0.5, 0.6) is 0 Å². The molecule has 0 amide bonds. The lowest BCUT2D eigenvalue weighted by atomic mass is 9.90. The van der Waals surface area contributed by atoms with Crippen LogP contribution in [0.1, 0.15) is 25.3 Å². The van der Waals surface area contributed by atoms with Crippen molar-refractivity contribution in [2.75, 3.05) is 19.6 Å². The second-order valence-corrected chi connectivity index (χ2v) is 5.07. The Bertz CT molecular complexity index is 325. The minimum Gasteiger partial charge on any atom is -0.329 e. The van der Waals surface area contributed by atoms with E-state index in [2.05, 4.69) is 22.9 Å². The molecule has 2 rings (SSSR count). The van der Waals surface area contributed by atoms with Crippen molar-refractivity contribution in [1.82, 2.24) is 9.88 Å². The van der Waals surface area contributed by atoms with Gasteiger partial charge < -0.3 is 5.73 Å². The highest BCUT2D eigenvalue weighted by atomic mass is 15.2. The molecule has 0 aromatic carbocycles. The summed E-state index contributed by atoms with van der Waals surface area (Å²) in [5.74, 6) is 0.739. The number of nitrogens with zero attached hydrogens (tertiary/aromatic N) is 2. The van der Waals surface area contributed by atoms with Crippen LogP contribution in [0.15, 0.2) is 24.5 Å². The van der Waals surface area contributed by atoms with Gasteiger partial charge in [-0.2, -0.15) is 0 Å². The van der Waals surface area contributed by atoms with Gasteiger partial charge in [-0.3, -0.25) is 9.88 Å². The largest absolute Gasteiger partial charge is 0.329 e. The van der Waals surface area contributed by atoms with Gasteiger partial charge in [-0.05, 0) is 43.4 Å². The van der Waals surface area contributed by atoms with E-state index in [0.717, 1.165) is 25.4 Å². The molecule has 17 heavy (non-hydrogen) atoms. The smallest absolute Gasteiger partial charge is 0.0300 e. The minimum absolute atomic E-state index is 0.570. The van der Waals surface area contributed by atoms with Gasteiger partial charge in [-0.25, -0.2) is 0 Å². The zero-order chi connectivity index (χ0) is 12.1. The van der Waals surface area contributed by atoms with Gasteiger partial charge in [0.05, 0.1) is 0 Å². The van der Waals surface area contributed by atoms with Crippen molar-refractivity contribution >= 4 is 0 Å². The molecule has 1 fully saturated rings. The van der Waals surface area contributed by atoms with E-state index in [4.69, 9.17) is 5.73 Å². The fourth-order valence-electron chi connectivity index (χ4n) is 2.81. The van der Waals surface area contributed by atoms with Crippen molar-refractivity contribution in [3.05, 3.63) is 30.1 Å². The van der Waals surface area contributed by atoms with E-state index in [0.29, 0.717) is 6.04 Å². The van der Waals surface area contributed by atoms with Gasteiger partial charge in [0.1, 0.15) is 0 Å². The quantitative estimate of drug-likeness (QED) is 0.860. The van der Waals surface area contributed by atoms with Crippen molar-refractivity contribution in [1.29, 1.82) is 0 Å². The molecule has 3 heteroatoms. The van der Waals surface area contributed by atoms with Crippen LogP contribution in [0.25, 0.3) is 0 Å². The number of aromatic nitrogens is 1. The normalized spacial score (nSPS) is 26.0. The second-order valence-electron chi connectivity index (χ2n) is 5.07. The Morgan fingerprint density at radius 1 is 1.53 bits per heavy atom. The number of rotatable bonds is 4. The van der Waals surface area contributed by atoms with Crippen LogP contribution < -0.4 is 5.73 Å². The lowest BCUT2D eigenvalue weighted by Gasteiger charge is -2.39. The van der Waals surface area contributed by atoms with E-state index in [1.807, 2.05) is 18.5 Å². The Hall–Kier alpha value is -0.930. The fourth-order valence-corrected chi connectivity index (χ4v) is 2.81. The third-order valence-corrected chi connectivity index (χ3v) is 3.88. The topological polar surface area (TPSA) is 42.2 Å². The Labute approximate surface area is 104 Å². The summed E-state index contributed by atoms with van der Waals surface area (Å²) in [6, 6.07) is 4.73. The van der Waals surface area contributed by atoms with Crippen LogP contribution in [0.2, 0.25) is 0 Å². The average Bonchev–Trinajstić information content (AvgIpc) is 2.37. The van der Waals surface area contributed by atoms with Crippen molar-refractivity contribution in [3.8, 4) is 0 Å². The Morgan fingerprint density at radius 3 is 3.12 bits per heavy atom. The van der Waals surface area contributed by atoms with Gasteiger partial charge in [0.2, 0.25) is 0 Å². The predicted molar refractivity (Wildman–Crippen MR) is 70.8 cm³/mol. The molecular weight excluding hydrogens is 210 g/mol. The number of piperidine rings is 1. The molecule has 0 saturated carbocycles. The maximum Gasteiger partial charge on any atom is 0.0300 e. The molecule has 2 N–H and O–H groups in total. The maximum atomic E-state index is 5.90. The molecule has 1 aromatic rings. The summed E-state index contributed by atoms with van der Waals surface area (Å²) >= 11 is 0. The predicted octanol–water partition coefficient (Wildman–Crippen LogP) is 1.68. The van der Waals surface area contributed by atoms with Gasteiger partial charge in [0, 0.05) is 31.5 Å². The molecule has 0 radical (unpaired) electrons. The zero-order valence-electron chi connectivity index (χ0n) is 10.7. The molecule has 1 aliphatic rings. The average molecular weight is 233 g/mol. The van der Waals surface area contributed by atoms with Crippen LogP contribution in [0, 0.1) is 5.92 Å². The molecule has 1 saturated heterocycles. The van der Waals surface area contributed by atoms with Crippen molar-refractivity contribution in [2.24, 2.45) is 11.7 Å². The molecule has 2 unspecified atom stereocenters. The number of pyridine rings is 1. The second kappa shape index (κ2) is 6.12. The summed E-state index contributed by atoms with van der Waals surface area (Å²) in [5, 5.41) is 0. The zero-order valence-corrected chi connectivity index (χ0v) is 10.7. The molecule has 0 bridgehead atoms. The summed E-state index contributed by atoms with van der Waals surface area (Å²) < 4.78 is 0. The van der Waals surface area contributed by atoms with E-state index in [9.17, 15) is 0 Å². The first kappa shape index (κ1) is 12.5. The van der Waals surface area contributed by atoms with E-state index in [-0.39, 0.29) is 0 Å². The molecule has 94 valence electrons. The van der Waals surface area contributed by atoms with Crippen LogP contribution in [0.3, 0.4) is 0 Å². The molecule has 2 heterocycles. The number of hydrogen-bond acceptors (Lipinski definition) is 3. The molecule has 1 aliphatic heterocycles. The van der Waals surface area contributed by atoms with Crippen LogP contribution >= 0.6 is 0 Å². The summed E-state index contributed by atoms with van der Waals surface area (Å²) in [6.45, 7) is 5.42. The van der Waals surface area contributed by atoms with Gasteiger partial charge >= 0.3 is 0 Å². The third kappa shape index (κ3) is 3.27. The Morgan fingerprint density at radius 2 is 2.41 bits per heavy atom. The molecule has 0 spiro atoms. The monoisotopic (exact) mass is 233 g/mol. The summed E-state index contributed by atoms with van der Waals surface area (Å²) in [4.78, 5) is 6.72. The van der Waals surface area contributed by atoms with Crippen LogP contribution in [-0.4, -0.2) is 35.6 Å². The van der Waals surface area contributed by atoms with Crippen LogP contribution in [-0.2, 0) is 6.42 Å². The highest BCUT2D eigenvalue weighted by Crippen LogP contribution is 2.22. The highest BCUT2D eigenvalue weighted by Gasteiger charge is 2.26. The first-order chi connectivity index (χ1) is 8.31. The van der Waals surface area contributed by atoms with E-state index >= 15 is 0 Å². The molecule has 0 aliphatic carbocycles. The van der Waals surface area contributed by atoms with E-state index in [1.165, 1.54) is 24.9 Å². The number of nitrogens with two attached hydrogens (primary N) is 1. The lowest BCUT2D eigenvalue weighted by molar-refractivity contribution is 0.108. The Kier molecular flexibility index (Phi) is 4.51. The summed E-state index contributed by atoms with van der Waals surface area (Å²) in [5.41, 5.74) is 7.22. The van der Waals surface area contributed by atoms with Gasteiger partial charge in [0.15, 0.2) is 0 Å². The summed E-state index contributed by atoms with van der Waals surface area (Å²) in [7, 11) is 0. The van der Waals surface area contributed by atoms with Crippen LogP contribution in [0.4, 0.5) is 0 Å². The molecule has 1 aromatic heterocycles. The van der Waals surface area contributed by atoms with Crippen molar-refractivity contribution in [2.45, 2.75) is 32.2 Å². The lowest BCUT2D eigenvalue weighted by Crippen LogP contribution is -2.49. The SMILES string of the molecule is CC1CCCN(CCc2cccnc2)C1CN. The standard InChI is InChI=1S/C14H23N3/c1-12-4-3-8-17(14(12)10-15)9-6-13-5-2-7-16-11-13/h2,5,7,11-12,14H,3-4,6,8-10,15H2,1H3. The highest BCUT2D eigenvalue weighted by molar-refractivity contribution is 5.08. The first-order valence-electron chi connectivity index (χ1n) is 6.64. The molecular formula is C14H23N3. The maximum absolute atomic E-state index is 5.90. The first-order valence-corrected chi connectivity index (χ1v) is 6.64. The van der Waals surface area contributed by atoms with Gasteiger partial charge in [0.25, 0.3) is 0 Å². The minimum atomic E-state index is 0.570. The van der Waals surface area contributed by atoms with Crippen molar-refractivity contribution in [3.63, 3.8) is 0 Å². The number of hydrogen-bond donors (Lipinski definition) is 1. The van der Waals surface area contributed by atoms with Crippen molar-refractivity contribution < 1.29 is 0 Å². The summed E-state index contributed by atoms with van der Waals surface area (Å²) in [6.07, 6.45) is 7.51.